The zero-order valence-electron chi connectivity index (χ0n) is 11.3. The van der Waals surface area contributed by atoms with Gasteiger partial charge < -0.3 is 0 Å². The number of benzene rings is 1. The molecule has 0 spiro atoms. The number of unbranched alkanes of at least 4 members (excludes halogenated alkanes) is 4. The van der Waals surface area contributed by atoms with Crippen molar-refractivity contribution in [2.75, 3.05) is 5.33 Å². The van der Waals surface area contributed by atoms with Gasteiger partial charge in [-0.05, 0) is 36.5 Å². The van der Waals surface area contributed by atoms with Crippen molar-refractivity contribution in [2.45, 2.75) is 51.9 Å². The second-order valence-electron chi connectivity index (χ2n) is 5.06. The van der Waals surface area contributed by atoms with Crippen molar-refractivity contribution in [2.24, 2.45) is 5.92 Å². The summed E-state index contributed by atoms with van der Waals surface area (Å²) >= 11 is 7.21. The van der Waals surface area contributed by atoms with Crippen molar-refractivity contribution in [1.29, 1.82) is 0 Å². The molecule has 0 fully saturated rings. The van der Waals surface area contributed by atoms with Crippen LogP contribution in [0.1, 0.15) is 51.0 Å². The maximum atomic E-state index is 3.66. The lowest BCUT2D eigenvalue weighted by molar-refractivity contribution is 0.492. The van der Waals surface area contributed by atoms with Gasteiger partial charge in [-0.2, -0.15) is 0 Å². The Hall–Kier alpha value is 0.180. The standard InChI is InChI=1S/C16H24Br2/c1-2-3-4-5-6-8-15(13-17)11-14-9-7-10-16(18)12-14/h7,9-10,12,15H,2-6,8,11,13H2,1H3. The van der Waals surface area contributed by atoms with Crippen LogP contribution in [0.15, 0.2) is 28.7 Å². The minimum atomic E-state index is 0.779. The van der Waals surface area contributed by atoms with Crippen LogP contribution in [0.5, 0.6) is 0 Å². The Morgan fingerprint density at radius 2 is 1.89 bits per heavy atom. The van der Waals surface area contributed by atoms with Gasteiger partial charge in [0.05, 0.1) is 0 Å². The minimum absolute atomic E-state index is 0.779. The Morgan fingerprint density at radius 1 is 1.11 bits per heavy atom. The van der Waals surface area contributed by atoms with Gasteiger partial charge in [0, 0.05) is 9.80 Å². The molecule has 0 aliphatic carbocycles. The molecule has 1 aromatic carbocycles. The number of halogens is 2. The minimum Gasteiger partial charge on any atom is -0.0925 e. The maximum absolute atomic E-state index is 3.66. The van der Waals surface area contributed by atoms with Gasteiger partial charge in [0.15, 0.2) is 0 Å². The molecule has 18 heavy (non-hydrogen) atoms. The first-order valence-electron chi connectivity index (χ1n) is 7.06. The van der Waals surface area contributed by atoms with Crippen molar-refractivity contribution in [3.8, 4) is 0 Å². The zero-order chi connectivity index (χ0) is 13.2. The molecule has 0 aliphatic rings. The van der Waals surface area contributed by atoms with Gasteiger partial charge in [0.25, 0.3) is 0 Å². The lowest BCUT2D eigenvalue weighted by Crippen LogP contribution is -2.06. The first-order valence-corrected chi connectivity index (χ1v) is 8.98. The van der Waals surface area contributed by atoms with Crippen molar-refractivity contribution in [1.82, 2.24) is 0 Å². The third-order valence-electron chi connectivity index (χ3n) is 3.35. The second kappa shape index (κ2) is 10.0. The highest BCUT2D eigenvalue weighted by molar-refractivity contribution is 9.10. The van der Waals surface area contributed by atoms with E-state index >= 15 is 0 Å². The molecule has 0 heterocycles. The summed E-state index contributed by atoms with van der Waals surface area (Å²) in [6.07, 6.45) is 9.45. The van der Waals surface area contributed by atoms with Crippen LogP contribution in [0.25, 0.3) is 0 Å². The molecule has 0 bridgehead atoms. The lowest BCUT2D eigenvalue weighted by atomic mass is 9.95. The Kier molecular flexibility index (Phi) is 9.04. The smallest absolute Gasteiger partial charge is 0.0177 e. The van der Waals surface area contributed by atoms with Crippen LogP contribution in [-0.4, -0.2) is 5.33 Å². The van der Waals surface area contributed by atoms with Gasteiger partial charge in [-0.25, -0.2) is 0 Å². The highest BCUT2D eigenvalue weighted by Gasteiger charge is 2.08. The van der Waals surface area contributed by atoms with Crippen LogP contribution in [0.4, 0.5) is 0 Å². The van der Waals surface area contributed by atoms with Crippen molar-refractivity contribution < 1.29 is 0 Å². The van der Waals surface area contributed by atoms with E-state index in [1.165, 1.54) is 55.0 Å². The topological polar surface area (TPSA) is 0 Å². The molecule has 0 nitrogen and oxygen atoms in total. The molecule has 1 rings (SSSR count). The zero-order valence-corrected chi connectivity index (χ0v) is 14.5. The SMILES string of the molecule is CCCCCCCC(CBr)Cc1cccc(Br)c1. The average Bonchev–Trinajstić information content (AvgIpc) is 2.37. The van der Waals surface area contributed by atoms with Crippen LogP contribution in [0.3, 0.4) is 0 Å². The fraction of sp³-hybridized carbons (Fsp3) is 0.625. The highest BCUT2D eigenvalue weighted by Crippen LogP contribution is 2.20. The molecule has 1 unspecified atom stereocenters. The number of hydrogen-bond donors (Lipinski definition) is 0. The van der Waals surface area contributed by atoms with Gasteiger partial charge in [-0.1, -0.05) is 83.0 Å². The molecule has 1 atom stereocenters. The molecular weight excluding hydrogens is 352 g/mol. The quantitative estimate of drug-likeness (QED) is 0.347. The molecule has 0 saturated heterocycles. The summed E-state index contributed by atoms with van der Waals surface area (Å²) in [5, 5.41) is 1.12. The summed E-state index contributed by atoms with van der Waals surface area (Å²) < 4.78 is 1.19. The van der Waals surface area contributed by atoms with Gasteiger partial charge in [0.2, 0.25) is 0 Å². The molecule has 0 amide bonds. The average molecular weight is 376 g/mol. The lowest BCUT2D eigenvalue weighted by Gasteiger charge is -2.14. The van der Waals surface area contributed by atoms with E-state index < -0.39 is 0 Å². The van der Waals surface area contributed by atoms with E-state index in [0.29, 0.717) is 0 Å². The van der Waals surface area contributed by atoms with Gasteiger partial charge in [-0.3, -0.25) is 0 Å². The Morgan fingerprint density at radius 3 is 2.56 bits per heavy atom. The Labute approximate surface area is 129 Å². The van der Waals surface area contributed by atoms with Crippen molar-refractivity contribution in [3.05, 3.63) is 34.3 Å². The number of alkyl halides is 1. The molecule has 1 aromatic rings. The Balaban J connectivity index is 2.28. The summed E-state index contributed by atoms with van der Waals surface area (Å²) in [6.45, 7) is 2.27. The molecule has 0 radical (unpaired) electrons. The summed E-state index contributed by atoms with van der Waals surface area (Å²) in [6, 6.07) is 8.70. The highest BCUT2D eigenvalue weighted by atomic mass is 79.9. The normalized spacial score (nSPS) is 12.6. The third kappa shape index (κ3) is 6.94. The van der Waals surface area contributed by atoms with Crippen LogP contribution < -0.4 is 0 Å². The van der Waals surface area contributed by atoms with Gasteiger partial charge >= 0.3 is 0 Å². The van der Waals surface area contributed by atoms with Crippen LogP contribution in [0, 0.1) is 5.92 Å². The summed E-state index contributed by atoms with van der Waals surface area (Å²) in [4.78, 5) is 0. The predicted octanol–water partition coefficient (Wildman–Crippen LogP) is 6.36. The largest absolute Gasteiger partial charge is 0.0925 e. The van der Waals surface area contributed by atoms with Crippen LogP contribution >= 0.6 is 31.9 Å². The van der Waals surface area contributed by atoms with Crippen molar-refractivity contribution in [3.63, 3.8) is 0 Å². The van der Waals surface area contributed by atoms with E-state index in [1.54, 1.807) is 0 Å². The van der Waals surface area contributed by atoms with Gasteiger partial charge in [0.1, 0.15) is 0 Å². The molecule has 0 N–H and O–H groups in total. The number of rotatable bonds is 9. The molecule has 102 valence electrons. The van der Waals surface area contributed by atoms with E-state index in [9.17, 15) is 0 Å². The molecule has 0 aliphatic heterocycles. The second-order valence-corrected chi connectivity index (χ2v) is 6.62. The summed E-state index contributed by atoms with van der Waals surface area (Å²) in [7, 11) is 0. The van der Waals surface area contributed by atoms with E-state index in [0.717, 1.165) is 11.2 Å². The fourth-order valence-electron chi connectivity index (χ4n) is 2.27. The maximum Gasteiger partial charge on any atom is 0.0177 e. The fourth-order valence-corrected chi connectivity index (χ4v) is 3.27. The molecular formula is C16H24Br2. The first kappa shape index (κ1) is 16.2. The van der Waals surface area contributed by atoms with E-state index in [4.69, 9.17) is 0 Å². The van der Waals surface area contributed by atoms with Gasteiger partial charge in [-0.15, -0.1) is 0 Å². The van der Waals surface area contributed by atoms with E-state index in [2.05, 4.69) is 63.0 Å². The molecule has 0 aromatic heterocycles. The van der Waals surface area contributed by atoms with Crippen molar-refractivity contribution >= 4 is 31.9 Å². The number of hydrogen-bond acceptors (Lipinski definition) is 0. The third-order valence-corrected chi connectivity index (χ3v) is 4.76. The predicted molar refractivity (Wildman–Crippen MR) is 88.5 cm³/mol. The molecule has 2 heteroatoms. The molecule has 0 saturated carbocycles. The summed E-state index contributed by atoms with van der Waals surface area (Å²) in [5.74, 6) is 0.779. The monoisotopic (exact) mass is 374 g/mol. The van der Waals surface area contributed by atoms with Crippen LogP contribution in [-0.2, 0) is 6.42 Å². The van der Waals surface area contributed by atoms with E-state index in [-0.39, 0.29) is 0 Å². The summed E-state index contributed by atoms with van der Waals surface area (Å²) in [5.41, 5.74) is 1.45. The van der Waals surface area contributed by atoms with Crippen LogP contribution in [0.2, 0.25) is 0 Å². The van der Waals surface area contributed by atoms with E-state index in [1.807, 2.05) is 0 Å². The first-order chi connectivity index (χ1) is 8.76. The Bertz CT molecular complexity index is 323.